The van der Waals surface area contributed by atoms with E-state index in [9.17, 15) is 9.18 Å². The number of hydrogen-bond acceptors (Lipinski definition) is 4. The zero-order valence-electron chi connectivity index (χ0n) is 18.8. The number of hydrogen-bond donors (Lipinski definition) is 2. The lowest BCUT2D eigenvalue weighted by molar-refractivity contribution is 0.102. The number of halogens is 1. The topological polar surface area (TPSA) is 75.6 Å². The van der Waals surface area contributed by atoms with Crippen molar-refractivity contribution in [2.24, 2.45) is 0 Å². The van der Waals surface area contributed by atoms with Gasteiger partial charge in [0, 0.05) is 6.42 Å². The van der Waals surface area contributed by atoms with Gasteiger partial charge in [0.1, 0.15) is 10.5 Å². The third-order valence-electron chi connectivity index (χ3n) is 6.29. The van der Waals surface area contributed by atoms with Gasteiger partial charge in [0.25, 0.3) is 5.91 Å². The molecule has 1 amide bonds. The molecule has 1 aliphatic carbocycles. The van der Waals surface area contributed by atoms with Crippen LogP contribution in [0.4, 0.5) is 10.1 Å². The average Bonchev–Trinajstić information content (AvgIpc) is 3.25. The van der Waals surface area contributed by atoms with E-state index >= 15 is 0 Å². The van der Waals surface area contributed by atoms with Crippen LogP contribution in [-0.2, 0) is 19.3 Å². The first kappa shape index (κ1) is 22.2. The summed E-state index contributed by atoms with van der Waals surface area (Å²) < 4.78 is 17.0. The number of para-hydroxylation sites is 1. The second kappa shape index (κ2) is 9.30. The van der Waals surface area contributed by atoms with E-state index in [0.717, 1.165) is 42.6 Å². The van der Waals surface area contributed by atoms with Crippen molar-refractivity contribution in [1.82, 2.24) is 20.0 Å². The first-order chi connectivity index (χ1) is 16.5. The highest BCUT2D eigenvalue weighted by atomic mass is 32.1. The number of fused-ring (bicyclic) bond motifs is 1. The number of amides is 1. The molecule has 0 fully saturated rings. The highest BCUT2D eigenvalue weighted by Gasteiger charge is 2.19. The van der Waals surface area contributed by atoms with Crippen LogP contribution in [-0.4, -0.2) is 25.9 Å². The highest BCUT2D eigenvalue weighted by molar-refractivity contribution is 7.71. The molecule has 2 aromatic carbocycles. The molecule has 34 heavy (non-hydrogen) atoms. The third-order valence-corrected chi connectivity index (χ3v) is 6.63. The molecule has 172 valence electrons. The minimum Gasteiger partial charge on any atom is -0.319 e. The molecule has 1 aliphatic rings. The van der Waals surface area contributed by atoms with Crippen LogP contribution >= 0.6 is 12.2 Å². The number of aromatic nitrogens is 4. The second-order valence-electron chi connectivity index (χ2n) is 8.50. The molecule has 0 radical (unpaired) electrons. The lowest BCUT2D eigenvalue weighted by atomic mass is 9.90. The first-order valence-corrected chi connectivity index (χ1v) is 11.7. The van der Waals surface area contributed by atoms with Crippen molar-refractivity contribution in [3.63, 3.8) is 0 Å². The lowest BCUT2D eigenvalue weighted by Crippen LogP contribution is -2.15. The van der Waals surface area contributed by atoms with E-state index in [-0.39, 0.29) is 5.69 Å². The summed E-state index contributed by atoms with van der Waals surface area (Å²) in [6.45, 7) is 1.82. The van der Waals surface area contributed by atoms with E-state index in [1.165, 1.54) is 23.4 Å². The van der Waals surface area contributed by atoms with E-state index < -0.39 is 11.7 Å². The fourth-order valence-corrected chi connectivity index (χ4v) is 4.77. The maximum atomic E-state index is 14.6. The molecule has 0 spiro atoms. The molecular weight excluding hydrogens is 449 g/mol. The number of anilines is 1. The Morgan fingerprint density at radius 2 is 1.91 bits per heavy atom. The molecular formula is C26H24FN5OS. The van der Waals surface area contributed by atoms with Crippen molar-refractivity contribution in [3.8, 4) is 5.69 Å². The van der Waals surface area contributed by atoms with Crippen LogP contribution in [0.1, 0.15) is 51.3 Å². The lowest BCUT2D eigenvalue weighted by Gasteiger charge is -2.18. The van der Waals surface area contributed by atoms with Crippen LogP contribution in [0.15, 0.2) is 54.7 Å². The summed E-state index contributed by atoms with van der Waals surface area (Å²) in [6, 6.07) is 14.3. The summed E-state index contributed by atoms with van der Waals surface area (Å²) in [5.74, 6) is -0.900. The summed E-state index contributed by atoms with van der Waals surface area (Å²) in [4.78, 5) is 13.0. The van der Waals surface area contributed by atoms with Crippen LogP contribution in [0.5, 0.6) is 0 Å². The van der Waals surface area contributed by atoms with Gasteiger partial charge in [0.05, 0.1) is 34.5 Å². The molecule has 8 heteroatoms. The van der Waals surface area contributed by atoms with Gasteiger partial charge in [-0.1, -0.05) is 36.5 Å². The number of benzene rings is 2. The maximum Gasteiger partial charge on any atom is 0.259 e. The predicted molar refractivity (Wildman–Crippen MR) is 132 cm³/mol. The van der Waals surface area contributed by atoms with Crippen molar-refractivity contribution < 1.29 is 9.18 Å². The Morgan fingerprint density at radius 3 is 2.71 bits per heavy atom. The summed E-state index contributed by atoms with van der Waals surface area (Å²) in [5.41, 5.74) is 6.21. The number of nitrogens with one attached hydrogen (secondary N) is 2. The quantitative estimate of drug-likeness (QED) is 0.376. The van der Waals surface area contributed by atoms with Crippen molar-refractivity contribution in [2.75, 3.05) is 5.32 Å². The summed E-state index contributed by atoms with van der Waals surface area (Å²) in [6.07, 6.45) is 6.18. The van der Waals surface area contributed by atoms with Crippen LogP contribution in [0.25, 0.3) is 5.69 Å². The van der Waals surface area contributed by atoms with Gasteiger partial charge in [-0.15, -0.1) is 0 Å². The molecule has 0 aliphatic heterocycles. The summed E-state index contributed by atoms with van der Waals surface area (Å²) in [7, 11) is 0. The Bertz CT molecular complexity index is 1430. The van der Waals surface area contributed by atoms with Gasteiger partial charge < -0.3 is 5.32 Å². The number of aromatic amines is 1. The Kier molecular flexibility index (Phi) is 6.06. The Labute approximate surface area is 201 Å². The van der Waals surface area contributed by atoms with Gasteiger partial charge >= 0.3 is 0 Å². The zero-order chi connectivity index (χ0) is 23.7. The molecule has 2 aromatic heterocycles. The normalized spacial score (nSPS) is 12.9. The van der Waals surface area contributed by atoms with Gasteiger partial charge in [-0.25, -0.2) is 9.07 Å². The number of H-pyrrole nitrogens is 1. The minimum absolute atomic E-state index is 0.132. The largest absolute Gasteiger partial charge is 0.319 e. The van der Waals surface area contributed by atoms with Crippen molar-refractivity contribution in [2.45, 2.75) is 39.0 Å². The number of rotatable bonds is 5. The fraction of sp³-hybridized carbons (Fsp3) is 0.231. The molecule has 0 unspecified atom stereocenters. The third kappa shape index (κ3) is 4.28. The monoisotopic (exact) mass is 473 g/mol. The Hall–Kier alpha value is -3.65. The van der Waals surface area contributed by atoms with Gasteiger partial charge in [-0.2, -0.15) is 10.2 Å². The number of carbonyl (C=O) groups excluding carboxylic acids is 1. The molecule has 0 bridgehead atoms. The molecule has 0 atom stereocenters. The van der Waals surface area contributed by atoms with E-state index in [2.05, 4.69) is 20.6 Å². The smallest absolute Gasteiger partial charge is 0.259 e. The molecule has 2 N–H and O–H groups in total. The van der Waals surface area contributed by atoms with E-state index in [1.54, 1.807) is 16.8 Å². The highest BCUT2D eigenvalue weighted by Crippen LogP contribution is 2.26. The van der Waals surface area contributed by atoms with Crippen LogP contribution < -0.4 is 5.32 Å². The fourth-order valence-electron chi connectivity index (χ4n) is 4.50. The van der Waals surface area contributed by atoms with Crippen molar-refractivity contribution in [3.05, 3.63) is 98.8 Å². The molecule has 0 saturated carbocycles. The van der Waals surface area contributed by atoms with Crippen molar-refractivity contribution in [1.29, 1.82) is 0 Å². The van der Waals surface area contributed by atoms with Gasteiger partial charge in [-0.05, 0) is 73.6 Å². The maximum absolute atomic E-state index is 14.6. The van der Waals surface area contributed by atoms with Crippen LogP contribution in [0.2, 0.25) is 0 Å². The van der Waals surface area contributed by atoms with Crippen LogP contribution in [0.3, 0.4) is 0 Å². The van der Waals surface area contributed by atoms with Crippen LogP contribution in [0, 0.1) is 17.4 Å². The van der Waals surface area contributed by atoms with Gasteiger partial charge in [0.2, 0.25) is 0 Å². The number of carbonyl (C=O) groups is 1. The SMILES string of the molecule is Cc1c(C(=O)Nc2cc(Cc3n[nH]c(=S)c4c3CCCC4)ccc2F)cnn1-c1ccccc1. The van der Waals surface area contributed by atoms with E-state index in [4.69, 9.17) is 12.2 Å². The van der Waals surface area contributed by atoms with Gasteiger partial charge in [0.15, 0.2) is 0 Å². The number of nitrogens with zero attached hydrogens (tertiary/aromatic N) is 3. The Morgan fingerprint density at radius 1 is 1.15 bits per heavy atom. The standard InChI is InChI=1S/C26H24FN5OS/c1-16-21(15-28-32(16)18-7-3-2-4-8-18)25(33)29-24-14-17(11-12-22(24)27)13-23-19-9-5-6-10-20(19)26(34)31-30-23/h2-4,7-8,11-12,14-15H,5-6,9-10,13H2,1H3,(H,29,33)(H,31,34). The second-order valence-corrected chi connectivity index (χ2v) is 8.91. The summed E-state index contributed by atoms with van der Waals surface area (Å²) in [5, 5.41) is 14.5. The average molecular weight is 474 g/mol. The predicted octanol–water partition coefficient (Wildman–Crippen LogP) is 5.49. The van der Waals surface area contributed by atoms with E-state index in [0.29, 0.717) is 22.3 Å². The summed E-state index contributed by atoms with van der Waals surface area (Å²) >= 11 is 5.42. The molecule has 6 nitrogen and oxygen atoms in total. The zero-order valence-corrected chi connectivity index (χ0v) is 19.6. The molecule has 0 saturated heterocycles. The minimum atomic E-state index is -0.493. The Balaban J connectivity index is 1.39. The molecule has 5 rings (SSSR count). The molecule has 4 aromatic rings. The van der Waals surface area contributed by atoms with Crippen molar-refractivity contribution >= 4 is 23.8 Å². The first-order valence-electron chi connectivity index (χ1n) is 11.3. The van der Waals surface area contributed by atoms with Gasteiger partial charge in [-0.3, -0.25) is 9.89 Å². The van der Waals surface area contributed by atoms with E-state index in [1.807, 2.05) is 37.3 Å². The molecule has 2 heterocycles.